The predicted molar refractivity (Wildman–Crippen MR) is 130 cm³/mol. The van der Waals surface area contributed by atoms with Crippen LogP contribution in [0.2, 0.25) is 19.1 Å². The van der Waals surface area contributed by atoms with Crippen LogP contribution in [0.15, 0.2) is 24.3 Å². The van der Waals surface area contributed by atoms with E-state index >= 15 is 0 Å². The molecule has 1 unspecified atom stereocenters. The van der Waals surface area contributed by atoms with Crippen LogP contribution in [0.1, 0.15) is 102 Å². The van der Waals surface area contributed by atoms with Crippen LogP contribution in [0.4, 0.5) is 0 Å². The van der Waals surface area contributed by atoms with Crippen LogP contribution in [-0.4, -0.2) is 21.5 Å². The third kappa shape index (κ3) is 13.3. The van der Waals surface area contributed by atoms with Crippen LogP contribution in [0.5, 0.6) is 0 Å². The van der Waals surface area contributed by atoms with Crippen molar-refractivity contribution in [2.75, 3.05) is 13.2 Å². The Hall–Kier alpha value is -0.643. The summed E-state index contributed by atoms with van der Waals surface area (Å²) < 4.78 is 11.9. The van der Waals surface area contributed by atoms with E-state index in [-0.39, 0.29) is 0 Å². The quantitative estimate of drug-likeness (QED) is 0.175. The van der Waals surface area contributed by atoms with Gasteiger partial charge in [0.15, 0.2) is 8.32 Å². The smallest absolute Gasteiger partial charge is 0.186 e. The molecule has 0 fully saturated rings. The molecule has 0 radical (unpaired) electrons. The topological polar surface area (TPSA) is 18.5 Å². The lowest BCUT2D eigenvalue weighted by molar-refractivity contribution is 0.0862. The van der Waals surface area contributed by atoms with Gasteiger partial charge in [0.05, 0.1) is 19.8 Å². The second kappa shape index (κ2) is 16.1. The van der Waals surface area contributed by atoms with E-state index in [1.54, 1.807) is 0 Å². The van der Waals surface area contributed by atoms with Gasteiger partial charge >= 0.3 is 0 Å². The zero-order valence-electron chi connectivity index (χ0n) is 20.1. The Balaban J connectivity index is 2.16. The molecule has 1 aromatic carbocycles. The summed E-state index contributed by atoms with van der Waals surface area (Å²) >= 11 is 0. The molecule has 0 N–H and O–H groups in total. The van der Waals surface area contributed by atoms with Crippen molar-refractivity contribution >= 4 is 8.32 Å². The van der Waals surface area contributed by atoms with Gasteiger partial charge in [-0.2, -0.15) is 0 Å². The molecule has 0 aliphatic carbocycles. The molecular weight excluding hydrogens is 372 g/mol. The fraction of sp³-hybridized carbons (Fsp3) is 0.769. The minimum atomic E-state index is -1.48. The Labute approximate surface area is 182 Å². The number of rotatable bonds is 18. The Morgan fingerprint density at radius 3 is 2.07 bits per heavy atom. The van der Waals surface area contributed by atoms with Gasteiger partial charge in [-0.25, -0.2) is 0 Å². The molecule has 0 aromatic heterocycles. The van der Waals surface area contributed by atoms with E-state index in [4.69, 9.17) is 9.16 Å². The maximum Gasteiger partial charge on any atom is 0.186 e. The SMILES string of the molecule is CCCCCCCCCC(C)c1ccc(COCCO[Si](C)(C)CCCC)cc1. The van der Waals surface area contributed by atoms with E-state index in [2.05, 4.69) is 58.1 Å². The second-order valence-electron chi connectivity index (χ2n) is 9.32. The van der Waals surface area contributed by atoms with Crippen LogP contribution in [0.3, 0.4) is 0 Å². The van der Waals surface area contributed by atoms with Gasteiger partial charge in [-0.1, -0.05) is 103 Å². The zero-order valence-corrected chi connectivity index (χ0v) is 21.1. The number of benzene rings is 1. The van der Waals surface area contributed by atoms with E-state index in [1.165, 1.54) is 81.4 Å². The summed E-state index contributed by atoms with van der Waals surface area (Å²) in [5.41, 5.74) is 2.73. The van der Waals surface area contributed by atoms with E-state index < -0.39 is 8.32 Å². The van der Waals surface area contributed by atoms with Gasteiger partial charge in [-0.15, -0.1) is 0 Å². The molecule has 0 aliphatic rings. The minimum absolute atomic E-state index is 0.657. The lowest BCUT2D eigenvalue weighted by Gasteiger charge is -2.22. The van der Waals surface area contributed by atoms with E-state index in [0.29, 0.717) is 19.1 Å². The molecule has 1 aromatic rings. The third-order valence-electron chi connectivity index (χ3n) is 5.91. The van der Waals surface area contributed by atoms with Gasteiger partial charge in [0.25, 0.3) is 0 Å². The summed E-state index contributed by atoms with van der Waals surface area (Å²) in [6, 6.07) is 10.3. The molecule has 168 valence electrons. The lowest BCUT2D eigenvalue weighted by atomic mass is 9.94. The van der Waals surface area contributed by atoms with E-state index in [9.17, 15) is 0 Å². The maximum atomic E-state index is 6.11. The highest BCUT2D eigenvalue weighted by Crippen LogP contribution is 2.23. The van der Waals surface area contributed by atoms with Gasteiger partial charge in [0.2, 0.25) is 0 Å². The van der Waals surface area contributed by atoms with Crippen molar-refractivity contribution in [1.29, 1.82) is 0 Å². The molecule has 2 nitrogen and oxygen atoms in total. The van der Waals surface area contributed by atoms with Crippen molar-refractivity contribution in [2.45, 2.75) is 117 Å². The summed E-state index contributed by atoms with van der Waals surface area (Å²) in [5, 5.41) is 0. The molecule has 0 amide bonds. The Morgan fingerprint density at radius 1 is 0.793 bits per heavy atom. The highest BCUT2D eigenvalue weighted by atomic mass is 28.4. The fourth-order valence-corrected chi connectivity index (χ4v) is 5.74. The summed E-state index contributed by atoms with van der Waals surface area (Å²) in [6.45, 7) is 13.6. The van der Waals surface area contributed by atoms with Crippen LogP contribution < -0.4 is 0 Å². The van der Waals surface area contributed by atoms with E-state index in [0.717, 1.165) is 6.61 Å². The number of hydrogen-bond acceptors (Lipinski definition) is 2. The molecule has 0 heterocycles. The second-order valence-corrected chi connectivity index (χ2v) is 13.6. The summed E-state index contributed by atoms with van der Waals surface area (Å²) in [5.74, 6) is 0.657. The molecule has 0 saturated carbocycles. The fourth-order valence-electron chi connectivity index (χ4n) is 3.76. The first kappa shape index (κ1) is 26.4. The van der Waals surface area contributed by atoms with Crippen molar-refractivity contribution in [3.63, 3.8) is 0 Å². The van der Waals surface area contributed by atoms with E-state index in [1.807, 2.05) is 0 Å². The van der Waals surface area contributed by atoms with Gasteiger partial charge < -0.3 is 9.16 Å². The molecule has 0 saturated heterocycles. The first-order valence-corrected chi connectivity index (χ1v) is 15.4. The highest BCUT2D eigenvalue weighted by molar-refractivity contribution is 6.71. The molecule has 3 heteroatoms. The van der Waals surface area contributed by atoms with Gasteiger partial charge in [-0.3, -0.25) is 0 Å². The normalized spacial score (nSPS) is 13.0. The van der Waals surface area contributed by atoms with Gasteiger partial charge in [0.1, 0.15) is 0 Å². The van der Waals surface area contributed by atoms with Crippen LogP contribution >= 0.6 is 0 Å². The van der Waals surface area contributed by atoms with Crippen molar-refractivity contribution in [3.05, 3.63) is 35.4 Å². The molecule has 0 aliphatic heterocycles. The third-order valence-corrected chi connectivity index (χ3v) is 8.45. The minimum Gasteiger partial charge on any atom is -0.415 e. The average Bonchev–Trinajstić information content (AvgIpc) is 2.71. The maximum absolute atomic E-state index is 6.11. The van der Waals surface area contributed by atoms with Gasteiger partial charge in [0, 0.05) is 0 Å². The molecule has 0 bridgehead atoms. The number of hydrogen-bond donors (Lipinski definition) is 0. The summed E-state index contributed by atoms with van der Waals surface area (Å²) in [6.07, 6.45) is 13.6. The highest BCUT2D eigenvalue weighted by Gasteiger charge is 2.20. The first-order valence-electron chi connectivity index (χ1n) is 12.3. The predicted octanol–water partition coefficient (Wildman–Crippen LogP) is 8.47. The molecule has 0 spiro atoms. The van der Waals surface area contributed by atoms with Crippen molar-refractivity contribution in [1.82, 2.24) is 0 Å². The molecule has 29 heavy (non-hydrogen) atoms. The van der Waals surface area contributed by atoms with Crippen molar-refractivity contribution < 1.29 is 9.16 Å². The Bertz CT molecular complexity index is 498. The summed E-state index contributed by atoms with van der Waals surface area (Å²) in [7, 11) is -1.48. The number of unbranched alkanes of at least 4 members (excludes halogenated alkanes) is 7. The van der Waals surface area contributed by atoms with Crippen molar-refractivity contribution in [3.8, 4) is 0 Å². The standard InChI is InChI=1S/C26H48O2Si/c1-6-8-10-11-12-13-14-15-24(3)26-18-16-25(17-19-26)23-27-20-21-28-29(4,5)22-9-7-2/h16-19,24H,6-15,20-23H2,1-5H3. The molecule has 1 atom stereocenters. The molecular formula is C26H48O2Si. The Kier molecular flexibility index (Phi) is 14.7. The average molecular weight is 421 g/mol. The van der Waals surface area contributed by atoms with Crippen LogP contribution in [0.25, 0.3) is 0 Å². The molecule has 1 rings (SSSR count). The monoisotopic (exact) mass is 420 g/mol. The van der Waals surface area contributed by atoms with Crippen LogP contribution in [0, 0.1) is 0 Å². The summed E-state index contributed by atoms with van der Waals surface area (Å²) in [4.78, 5) is 0. The van der Waals surface area contributed by atoms with Crippen LogP contribution in [-0.2, 0) is 15.8 Å². The number of ether oxygens (including phenoxy) is 1. The first-order chi connectivity index (χ1) is 14.0. The Morgan fingerprint density at radius 2 is 1.41 bits per heavy atom. The van der Waals surface area contributed by atoms with Gasteiger partial charge in [-0.05, 0) is 42.6 Å². The van der Waals surface area contributed by atoms with Crippen molar-refractivity contribution in [2.24, 2.45) is 0 Å². The lowest BCUT2D eigenvalue weighted by Crippen LogP contribution is -2.31. The largest absolute Gasteiger partial charge is 0.415 e. The zero-order chi connectivity index (χ0) is 21.4.